The summed E-state index contributed by atoms with van der Waals surface area (Å²) < 4.78 is 48.2. The first-order chi connectivity index (χ1) is 16.2. The molecule has 7 nitrogen and oxygen atoms in total. The number of phenolic OH excluding ortho intramolecular Hbond substituents is 1. The highest BCUT2D eigenvalue weighted by Gasteiger charge is 2.30. The smallest absolute Gasteiger partial charge is 0.265 e. The van der Waals surface area contributed by atoms with E-state index in [4.69, 9.17) is 16.3 Å². The van der Waals surface area contributed by atoms with Crippen LogP contribution in [0.2, 0.25) is 5.02 Å². The zero-order valence-electron chi connectivity index (χ0n) is 18.2. The highest BCUT2D eigenvalue weighted by atomic mass is 35.5. The molecule has 0 bridgehead atoms. The lowest BCUT2D eigenvalue weighted by atomic mass is 10.1. The van der Waals surface area contributed by atoms with Crippen molar-refractivity contribution in [3.8, 4) is 16.9 Å². The molecule has 0 unspecified atom stereocenters. The molecule has 4 rings (SSSR count). The number of nitrogens with one attached hydrogen (secondary N) is 1. The van der Waals surface area contributed by atoms with Gasteiger partial charge in [0.25, 0.3) is 15.9 Å². The third-order valence-corrected chi connectivity index (χ3v) is 7.32. The van der Waals surface area contributed by atoms with Crippen molar-refractivity contribution in [1.29, 1.82) is 0 Å². The Bertz CT molecular complexity index is 1330. The molecule has 0 saturated carbocycles. The lowest BCUT2D eigenvalue weighted by molar-refractivity contribution is 0.0724. The number of anilines is 1. The average molecular weight is 505 g/mol. The standard InChI is InChI=1S/C24H22ClFN2O5S/c1-33-18-9-10-28(14-18)24(30)17-11-19(25)23(29)22(13-17)34(31,32)27-21-12-16(7-8-20(21)26)15-5-3-2-4-6-15/h2-8,11-13,18,27,29H,9-10,14H2,1H3/t18-/m1/s1. The average Bonchev–Trinajstić information content (AvgIpc) is 3.31. The molecule has 2 N–H and O–H groups in total. The summed E-state index contributed by atoms with van der Waals surface area (Å²) in [5, 5.41) is 10.1. The number of nitrogens with zero attached hydrogens (tertiary/aromatic N) is 1. The monoisotopic (exact) mass is 504 g/mol. The largest absolute Gasteiger partial charge is 0.505 e. The van der Waals surface area contributed by atoms with Crippen molar-refractivity contribution >= 4 is 33.2 Å². The van der Waals surface area contributed by atoms with Gasteiger partial charge in [0.05, 0.1) is 16.8 Å². The van der Waals surface area contributed by atoms with Crippen LogP contribution in [-0.2, 0) is 14.8 Å². The van der Waals surface area contributed by atoms with Gasteiger partial charge in [-0.25, -0.2) is 12.8 Å². The summed E-state index contributed by atoms with van der Waals surface area (Å²) in [7, 11) is -2.95. The van der Waals surface area contributed by atoms with Crippen molar-refractivity contribution in [2.75, 3.05) is 24.9 Å². The first-order valence-electron chi connectivity index (χ1n) is 10.4. The fourth-order valence-electron chi connectivity index (χ4n) is 3.80. The number of benzene rings is 3. The number of hydrogen-bond acceptors (Lipinski definition) is 5. The second-order valence-electron chi connectivity index (χ2n) is 7.87. The number of carbonyl (C=O) groups is 1. The highest BCUT2D eigenvalue weighted by molar-refractivity contribution is 7.92. The molecule has 3 aromatic rings. The first kappa shape index (κ1) is 24.0. The van der Waals surface area contributed by atoms with Crippen LogP contribution in [0.15, 0.2) is 65.6 Å². The van der Waals surface area contributed by atoms with Gasteiger partial charge < -0.3 is 14.7 Å². The van der Waals surface area contributed by atoms with Crippen molar-refractivity contribution in [1.82, 2.24) is 4.90 Å². The molecule has 1 aliphatic rings. The molecule has 34 heavy (non-hydrogen) atoms. The summed E-state index contributed by atoms with van der Waals surface area (Å²) in [5.74, 6) is -1.99. The van der Waals surface area contributed by atoms with Gasteiger partial charge in [0, 0.05) is 25.8 Å². The Morgan fingerprint density at radius 3 is 2.56 bits per heavy atom. The number of phenols is 1. The van der Waals surface area contributed by atoms with Crippen LogP contribution < -0.4 is 4.72 Å². The second-order valence-corrected chi connectivity index (χ2v) is 9.93. The normalized spacial score (nSPS) is 16.0. The number of sulfonamides is 1. The SMILES string of the molecule is CO[C@@H]1CCN(C(=O)c2cc(Cl)c(O)c(S(=O)(=O)Nc3cc(-c4ccccc4)ccc3F)c2)C1. The minimum Gasteiger partial charge on any atom is -0.505 e. The maximum Gasteiger partial charge on any atom is 0.265 e. The number of likely N-dealkylation sites (tertiary alicyclic amines) is 1. The number of methoxy groups -OCH3 is 1. The van der Waals surface area contributed by atoms with Crippen molar-refractivity contribution in [2.45, 2.75) is 17.4 Å². The maximum absolute atomic E-state index is 14.5. The predicted octanol–water partition coefficient (Wildman–Crippen LogP) is 4.51. The second kappa shape index (κ2) is 9.61. The molecule has 1 amide bonds. The van der Waals surface area contributed by atoms with E-state index in [0.717, 1.165) is 17.7 Å². The van der Waals surface area contributed by atoms with Crippen molar-refractivity contribution in [2.24, 2.45) is 0 Å². The van der Waals surface area contributed by atoms with Crippen molar-refractivity contribution < 1.29 is 27.4 Å². The number of carbonyl (C=O) groups excluding carboxylic acids is 1. The molecule has 1 atom stereocenters. The zero-order chi connectivity index (χ0) is 24.5. The van der Waals surface area contributed by atoms with Gasteiger partial charge in [0.2, 0.25) is 0 Å². The Labute approximate surface area is 201 Å². The molecule has 0 aromatic heterocycles. The number of halogens is 2. The van der Waals surface area contributed by atoms with Crippen LogP contribution in [0.3, 0.4) is 0 Å². The fraction of sp³-hybridized carbons (Fsp3) is 0.208. The Kier molecular flexibility index (Phi) is 6.79. The molecule has 1 heterocycles. The summed E-state index contributed by atoms with van der Waals surface area (Å²) in [5.41, 5.74) is 1.03. The molecule has 1 fully saturated rings. The van der Waals surface area contributed by atoms with Crippen LogP contribution in [0.5, 0.6) is 5.75 Å². The van der Waals surface area contributed by atoms with E-state index < -0.39 is 32.4 Å². The summed E-state index contributed by atoms with van der Waals surface area (Å²) in [6, 6.07) is 15.3. The van der Waals surface area contributed by atoms with E-state index in [1.165, 1.54) is 23.1 Å². The van der Waals surface area contributed by atoms with E-state index in [1.54, 1.807) is 31.4 Å². The summed E-state index contributed by atoms with van der Waals surface area (Å²) >= 11 is 6.06. The van der Waals surface area contributed by atoms with E-state index in [0.29, 0.717) is 25.1 Å². The number of hydrogen-bond donors (Lipinski definition) is 2. The Balaban J connectivity index is 1.67. The molecule has 3 aromatic carbocycles. The van der Waals surface area contributed by atoms with Crippen LogP contribution in [-0.4, -0.2) is 50.6 Å². The van der Waals surface area contributed by atoms with Gasteiger partial charge in [-0.1, -0.05) is 48.0 Å². The van der Waals surface area contributed by atoms with Gasteiger partial charge in [0.15, 0.2) is 5.75 Å². The molecule has 0 radical (unpaired) electrons. The lowest BCUT2D eigenvalue weighted by Crippen LogP contribution is -2.30. The number of ether oxygens (including phenoxy) is 1. The van der Waals surface area contributed by atoms with E-state index in [9.17, 15) is 22.7 Å². The van der Waals surface area contributed by atoms with Gasteiger partial charge in [-0.05, 0) is 41.8 Å². The Morgan fingerprint density at radius 1 is 1.15 bits per heavy atom. The van der Waals surface area contributed by atoms with E-state index in [2.05, 4.69) is 4.72 Å². The molecule has 0 spiro atoms. The molecule has 1 aliphatic heterocycles. The van der Waals surface area contributed by atoms with Gasteiger partial charge in [-0.15, -0.1) is 0 Å². The van der Waals surface area contributed by atoms with Crippen LogP contribution >= 0.6 is 11.6 Å². The number of aromatic hydroxyl groups is 1. The predicted molar refractivity (Wildman–Crippen MR) is 127 cm³/mol. The lowest BCUT2D eigenvalue weighted by Gasteiger charge is -2.18. The highest BCUT2D eigenvalue weighted by Crippen LogP contribution is 2.35. The van der Waals surface area contributed by atoms with Gasteiger partial charge in [-0.2, -0.15) is 0 Å². The molecule has 0 aliphatic carbocycles. The van der Waals surface area contributed by atoms with E-state index in [-0.39, 0.29) is 22.4 Å². The van der Waals surface area contributed by atoms with Gasteiger partial charge in [-0.3, -0.25) is 9.52 Å². The maximum atomic E-state index is 14.5. The zero-order valence-corrected chi connectivity index (χ0v) is 19.7. The summed E-state index contributed by atoms with van der Waals surface area (Å²) in [6.45, 7) is 0.791. The number of rotatable bonds is 6. The molecule has 178 valence electrons. The molecular weight excluding hydrogens is 483 g/mol. The summed E-state index contributed by atoms with van der Waals surface area (Å²) in [4.78, 5) is 13.8. The molecular formula is C24H22ClFN2O5S. The quantitative estimate of drug-likeness (QED) is 0.515. The van der Waals surface area contributed by atoms with E-state index in [1.807, 2.05) is 6.07 Å². The number of amides is 1. The topological polar surface area (TPSA) is 95.9 Å². The fourth-order valence-corrected chi connectivity index (χ4v) is 5.28. The van der Waals surface area contributed by atoms with Crippen molar-refractivity contribution in [3.63, 3.8) is 0 Å². The Morgan fingerprint density at radius 2 is 1.88 bits per heavy atom. The minimum atomic E-state index is -4.50. The first-order valence-corrected chi connectivity index (χ1v) is 12.3. The van der Waals surface area contributed by atoms with Crippen molar-refractivity contribution in [3.05, 3.63) is 77.1 Å². The Hall–Kier alpha value is -3.14. The minimum absolute atomic E-state index is 0.0153. The van der Waals surface area contributed by atoms with Crippen LogP contribution in [0.25, 0.3) is 11.1 Å². The molecule has 10 heteroatoms. The third kappa shape index (κ3) is 4.86. The van der Waals surface area contributed by atoms with Gasteiger partial charge >= 0.3 is 0 Å². The summed E-state index contributed by atoms with van der Waals surface area (Å²) in [6.07, 6.45) is 0.541. The van der Waals surface area contributed by atoms with Crippen LogP contribution in [0.4, 0.5) is 10.1 Å². The van der Waals surface area contributed by atoms with Crippen LogP contribution in [0.1, 0.15) is 16.8 Å². The third-order valence-electron chi connectivity index (χ3n) is 5.65. The van der Waals surface area contributed by atoms with E-state index >= 15 is 0 Å². The van der Waals surface area contributed by atoms with Crippen LogP contribution in [0, 0.1) is 5.82 Å². The van der Waals surface area contributed by atoms with Gasteiger partial charge in [0.1, 0.15) is 10.7 Å². The molecule has 1 saturated heterocycles.